The zero-order valence-electron chi connectivity index (χ0n) is 15.1. The van der Waals surface area contributed by atoms with Crippen molar-refractivity contribution in [1.82, 2.24) is 4.90 Å². The summed E-state index contributed by atoms with van der Waals surface area (Å²) in [6, 6.07) is 11.0. The SMILES string of the molecule is CCN(CC)C(=O)c1ccc(C(=O)Nc2cc(C(=O)O)ccc2C)cc1. The molecule has 0 aliphatic carbocycles. The number of amides is 2. The Bertz CT molecular complexity index is 824. The number of nitrogens with one attached hydrogen (secondary N) is 1. The van der Waals surface area contributed by atoms with E-state index in [1.165, 1.54) is 12.1 Å². The Kier molecular flexibility index (Phi) is 6.11. The van der Waals surface area contributed by atoms with Crippen molar-refractivity contribution in [3.63, 3.8) is 0 Å². The van der Waals surface area contributed by atoms with Gasteiger partial charge in [-0.25, -0.2) is 4.79 Å². The molecule has 0 aliphatic heterocycles. The fourth-order valence-electron chi connectivity index (χ4n) is 2.54. The Morgan fingerprint density at radius 1 is 0.923 bits per heavy atom. The largest absolute Gasteiger partial charge is 0.478 e. The third-order valence-electron chi connectivity index (χ3n) is 4.18. The molecule has 136 valence electrons. The highest BCUT2D eigenvalue weighted by Crippen LogP contribution is 2.18. The van der Waals surface area contributed by atoms with Gasteiger partial charge in [0.05, 0.1) is 5.56 Å². The number of aromatic carboxylic acids is 1. The molecular formula is C20H22N2O4. The molecule has 0 radical (unpaired) electrons. The van der Waals surface area contributed by atoms with Crippen molar-refractivity contribution < 1.29 is 19.5 Å². The monoisotopic (exact) mass is 354 g/mol. The van der Waals surface area contributed by atoms with Gasteiger partial charge in [-0.05, 0) is 62.7 Å². The van der Waals surface area contributed by atoms with Crippen LogP contribution in [0.1, 0.15) is 50.5 Å². The molecule has 0 fully saturated rings. The van der Waals surface area contributed by atoms with Gasteiger partial charge in [0.25, 0.3) is 11.8 Å². The number of carbonyl (C=O) groups excluding carboxylic acids is 2. The van der Waals surface area contributed by atoms with Gasteiger partial charge < -0.3 is 15.3 Å². The molecule has 6 nitrogen and oxygen atoms in total. The van der Waals surface area contributed by atoms with Crippen LogP contribution < -0.4 is 5.32 Å². The lowest BCUT2D eigenvalue weighted by atomic mass is 10.1. The molecule has 2 rings (SSSR count). The molecule has 0 aliphatic rings. The predicted octanol–water partition coefficient (Wildman–Crippen LogP) is 3.43. The second-order valence-electron chi connectivity index (χ2n) is 5.84. The molecule has 2 aromatic carbocycles. The van der Waals surface area contributed by atoms with Gasteiger partial charge in [0, 0.05) is 29.9 Å². The van der Waals surface area contributed by atoms with E-state index in [0.717, 1.165) is 5.56 Å². The first-order valence-corrected chi connectivity index (χ1v) is 8.42. The number of anilines is 1. The fraction of sp³-hybridized carbons (Fsp3) is 0.250. The van der Waals surface area contributed by atoms with Crippen LogP contribution in [0.15, 0.2) is 42.5 Å². The topological polar surface area (TPSA) is 86.7 Å². The molecular weight excluding hydrogens is 332 g/mol. The van der Waals surface area contributed by atoms with E-state index in [0.29, 0.717) is 29.9 Å². The van der Waals surface area contributed by atoms with E-state index in [-0.39, 0.29) is 17.4 Å². The Morgan fingerprint density at radius 2 is 1.46 bits per heavy atom. The van der Waals surface area contributed by atoms with Crippen molar-refractivity contribution in [2.24, 2.45) is 0 Å². The van der Waals surface area contributed by atoms with Crippen LogP contribution in [0.2, 0.25) is 0 Å². The maximum atomic E-state index is 12.4. The maximum absolute atomic E-state index is 12.4. The average molecular weight is 354 g/mol. The Labute approximate surface area is 152 Å². The minimum Gasteiger partial charge on any atom is -0.478 e. The van der Waals surface area contributed by atoms with E-state index in [2.05, 4.69) is 5.32 Å². The summed E-state index contributed by atoms with van der Waals surface area (Å²) >= 11 is 0. The molecule has 6 heteroatoms. The van der Waals surface area contributed by atoms with Gasteiger partial charge >= 0.3 is 5.97 Å². The van der Waals surface area contributed by atoms with Crippen LogP contribution in [0.25, 0.3) is 0 Å². The van der Waals surface area contributed by atoms with Crippen LogP contribution in [-0.4, -0.2) is 40.9 Å². The van der Waals surface area contributed by atoms with Crippen molar-refractivity contribution in [3.8, 4) is 0 Å². The van der Waals surface area contributed by atoms with Crippen molar-refractivity contribution in [3.05, 3.63) is 64.7 Å². The smallest absolute Gasteiger partial charge is 0.335 e. The molecule has 0 aromatic heterocycles. The van der Waals surface area contributed by atoms with E-state index < -0.39 is 5.97 Å². The summed E-state index contributed by atoms with van der Waals surface area (Å²) in [5.74, 6) is -1.50. The number of carboxylic acids is 1. The number of nitrogens with zero attached hydrogens (tertiary/aromatic N) is 1. The zero-order valence-corrected chi connectivity index (χ0v) is 15.1. The summed E-state index contributed by atoms with van der Waals surface area (Å²) in [6.07, 6.45) is 0. The first-order chi connectivity index (χ1) is 12.4. The number of rotatable bonds is 6. The predicted molar refractivity (Wildman–Crippen MR) is 99.8 cm³/mol. The summed E-state index contributed by atoms with van der Waals surface area (Å²) in [6.45, 7) is 6.86. The molecule has 2 N–H and O–H groups in total. The van der Waals surface area contributed by atoms with E-state index >= 15 is 0 Å². The van der Waals surface area contributed by atoms with Gasteiger partial charge in [0.15, 0.2) is 0 Å². The number of carbonyl (C=O) groups is 3. The molecule has 0 saturated heterocycles. The second-order valence-corrected chi connectivity index (χ2v) is 5.84. The van der Waals surface area contributed by atoms with Crippen LogP contribution in [-0.2, 0) is 0 Å². The lowest BCUT2D eigenvalue weighted by Gasteiger charge is -2.18. The molecule has 0 unspecified atom stereocenters. The summed E-state index contributed by atoms with van der Waals surface area (Å²) in [7, 11) is 0. The highest BCUT2D eigenvalue weighted by Gasteiger charge is 2.14. The zero-order chi connectivity index (χ0) is 19.3. The van der Waals surface area contributed by atoms with Crippen LogP contribution in [0.5, 0.6) is 0 Å². The highest BCUT2D eigenvalue weighted by atomic mass is 16.4. The molecule has 26 heavy (non-hydrogen) atoms. The van der Waals surface area contributed by atoms with Crippen LogP contribution in [0.3, 0.4) is 0 Å². The number of hydrogen-bond donors (Lipinski definition) is 2. The summed E-state index contributed by atoms with van der Waals surface area (Å²) < 4.78 is 0. The van der Waals surface area contributed by atoms with Gasteiger partial charge in [-0.2, -0.15) is 0 Å². The molecule has 0 bridgehead atoms. The van der Waals surface area contributed by atoms with Crippen LogP contribution in [0.4, 0.5) is 5.69 Å². The van der Waals surface area contributed by atoms with Crippen LogP contribution >= 0.6 is 0 Å². The van der Waals surface area contributed by atoms with Gasteiger partial charge in [-0.1, -0.05) is 6.07 Å². The summed E-state index contributed by atoms with van der Waals surface area (Å²) in [4.78, 5) is 37.5. The average Bonchev–Trinajstić information content (AvgIpc) is 2.64. The molecule has 0 saturated carbocycles. The summed E-state index contributed by atoms with van der Waals surface area (Å²) in [5.41, 5.74) is 2.22. The molecule has 0 heterocycles. The van der Waals surface area contributed by atoms with E-state index in [9.17, 15) is 14.4 Å². The lowest BCUT2D eigenvalue weighted by Crippen LogP contribution is -2.30. The third-order valence-corrected chi connectivity index (χ3v) is 4.18. The fourth-order valence-corrected chi connectivity index (χ4v) is 2.54. The normalized spacial score (nSPS) is 10.3. The standard InChI is InChI=1S/C20H22N2O4/c1-4-22(5-2)19(24)15-10-8-14(9-11-15)18(23)21-17-12-16(20(25)26)7-6-13(17)3/h6-12H,4-5H2,1-3H3,(H,21,23)(H,25,26). The van der Waals surface area contributed by atoms with Crippen molar-refractivity contribution in [1.29, 1.82) is 0 Å². The summed E-state index contributed by atoms with van der Waals surface area (Å²) in [5, 5.41) is 11.8. The first kappa shape index (κ1) is 19.2. The maximum Gasteiger partial charge on any atom is 0.335 e. The number of benzene rings is 2. The molecule has 2 aromatic rings. The highest BCUT2D eigenvalue weighted by molar-refractivity contribution is 6.06. The van der Waals surface area contributed by atoms with Gasteiger partial charge in [-0.3, -0.25) is 9.59 Å². The van der Waals surface area contributed by atoms with Gasteiger partial charge in [0.2, 0.25) is 0 Å². The third kappa shape index (κ3) is 4.27. The number of hydrogen-bond acceptors (Lipinski definition) is 3. The lowest BCUT2D eigenvalue weighted by molar-refractivity contribution is 0.0695. The van der Waals surface area contributed by atoms with E-state index in [4.69, 9.17) is 5.11 Å². The van der Waals surface area contributed by atoms with Crippen LogP contribution in [0, 0.1) is 6.92 Å². The quantitative estimate of drug-likeness (QED) is 0.832. The van der Waals surface area contributed by atoms with Crippen molar-refractivity contribution >= 4 is 23.5 Å². The first-order valence-electron chi connectivity index (χ1n) is 8.42. The minimum atomic E-state index is -1.06. The minimum absolute atomic E-state index is 0.0769. The van der Waals surface area contributed by atoms with Gasteiger partial charge in [0.1, 0.15) is 0 Å². The molecule has 2 amide bonds. The van der Waals surface area contributed by atoms with Crippen molar-refractivity contribution in [2.75, 3.05) is 18.4 Å². The number of carboxylic acid groups (broad SMARTS) is 1. The van der Waals surface area contributed by atoms with E-state index in [1.54, 1.807) is 42.2 Å². The number of aryl methyl sites for hydroxylation is 1. The Hall–Kier alpha value is -3.15. The molecule has 0 atom stereocenters. The van der Waals surface area contributed by atoms with E-state index in [1.807, 2.05) is 13.8 Å². The Morgan fingerprint density at radius 3 is 2.00 bits per heavy atom. The second kappa shape index (κ2) is 8.29. The molecule has 0 spiro atoms. The van der Waals surface area contributed by atoms with Crippen molar-refractivity contribution in [2.45, 2.75) is 20.8 Å². The Balaban J connectivity index is 2.17. The van der Waals surface area contributed by atoms with Gasteiger partial charge in [-0.15, -0.1) is 0 Å².